The zero-order valence-electron chi connectivity index (χ0n) is 11.7. The van der Waals surface area contributed by atoms with Gasteiger partial charge in [0.15, 0.2) is 34.8 Å². The Morgan fingerprint density at radius 2 is 1.43 bits per heavy atom. The topological polar surface area (TPSA) is 162 Å². The molecule has 0 aromatic carbocycles. The molecule has 0 saturated carbocycles. The second-order valence-electron chi connectivity index (χ2n) is 5.09. The largest absolute Gasteiger partial charge is 0.384 e. The Morgan fingerprint density at radius 1 is 1.00 bits per heavy atom. The third-order valence-corrected chi connectivity index (χ3v) is 3.75. The van der Waals surface area contributed by atoms with E-state index >= 15 is 0 Å². The second-order valence-corrected chi connectivity index (χ2v) is 5.09. The number of hydrogen-bond donors (Lipinski definition) is 5. The summed E-state index contributed by atoms with van der Waals surface area (Å²) in [4.78, 5) is 34.7. The lowest BCUT2D eigenvalue weighted by atomic mass is 9.67. The predicted molar refractivity (Wildman–Crippen MR) is 64.8 cm³/mol. The highest BCUT2D eigenvalue weighted by molar-refractivity contribution is 5.99. The number of ketones is 3. The average molecular weight is 306 g/mol. The fourth-order valence-electron chi connectivity index (χ4n) is 2.43. The summed E-state index contributed by atoms with van der Waals surface area (Å²) in [7, 11) is 0. The van der Waals surface area contributed by atoms with E-state index in [1.165, 1.54) is 0 Å². The lowest BCUT2D eigenvalue weighted by Crippen LogP contribution is -2.81. The van der Waals surface area contributed by atoms with Crippen molar-refractivity contribution < 1.29 is 44.7 Å². The van der Waals surface area contributed by atoms with E-state index in [1.807, 2.05) is 0 Å². The van der Waals surface area contributed by atoms with Crippen LogP contribution in [0.3, 0.4) is 0 Å². The minimum atomic E-state index is -3.14. The summed E-state index contributed by atoms with van der Waals surface area (Å²) in [5.74, 6) is -3.40. The van der Waals surface area contributed by atoms with Gasteiger partial charge in [-0.25, -0.2) is 0 Å². The molecule has 1 aliphatic rings. The van der Waals surface area contributed by atoms with Gasteiger partial charge in [-0.2, -0.15) is 0 Å². The predicted octanol–water partition coefficient (Wildman–Crippen LogP) is -3.35. The maximum Gasteiger partial charge on any atom is 0.192 e. The fourth-order valence-corrected chi connectivity index (χ4v) is 2.43. The Hall–Kier alpha value is -1.23. The van der Waals surface area contributed by atoms with Gasteiger partial charge in [0.25, 0.3) is 0 Å². The maximum atomic E-state index is 11.8. The van der Waals surface area contributed by atoms with Crippen LogP contribution in [0, 0.1) is 0 Å². The van der Waals surface area contributed by atoms with Crippen LogP contribution >= 0.6 is 0 Å². The van der Waals surface area contributed by atoms with Crippen molar-refractivity contribution in [3.05, 3.63) is 0 Å². The van der Waals surface area contributed by atoms with Gasteiger partial charge in [0.2, 0.25) is 0 Å². The fraction of sp³-hybridized carbons (Fsp3) is 0.750. The van der Waals surface area contributed by atoms with Crippen molar-refractivity contribution in [1.82, 2.24) is 0 Å². The van der Waals surface area contributed by atoms with Crippen LogP contribution in [0.5, 0.6) is 0 Å². The molecule has 1 heterocycles. The molecule has 6 atom stereocenters. The molecule has 0 aliphatic carbocycles. The number of carbonyl (C=O) groups is 3. The first-order valence-electron chi connectivity index (χ1n) is 6.09. The number of rotatable bonds is 4. The molecular formula is C12H18O9. The molecule has 9 heteroatoms. The summed E-state index contributed by atoms with van der Waals surface area (Å²) in [5, 5.41) is 49.9. The van der Waals surface area contributed by atoms with Crippen molar-refractivity contribution in [2.45, 2.75) is 56.6 Å². The van der Waals surface area contributed by atoms with E-state index < -0.39 is 53.2 Å². The van der Waals surface area contributed by atoms with Gasteiger partial charge in [-0.05, 0) is 20.8 Å². The van der Waals surface area contributed by atoms with Gasteiger partial charge >= 0.3 is 0 Å². The Bertz CT molecular complexity index is 475. The number of carbonyl (C=O) groups excluding carboxylic acids is 3. The van der Waals surface area contributed by atoms with Crippen molar-refractivity contribution in [2.24, 2.45) is 0 Å². The maximum absolute atomic E-state index is 11.8. The molecule has 5 N–H and O–H groups in total. The van der Waals surface area contributed by atoms with Gasteiger partial charge in [-0.3, -0.25) is 14.4 Å². The Balaban J connectivity index is 3.57. The zero-order chi connectivity index (χ0) is 16.7. The Labute approximate surface area is 119 Å². The number of ether oxygens (including phenoxy) is 1. The Morgan fingerprint density at radius 3 is 1.76 bits per heavy atom. The molecule has 0 aromatic rings. The molecular weight excluding hydrogens is 288 g/mol. The quantitative estimate of drug-likeness (QED) is 0.357. The number of aliphatic hydroxyl groups excluding tert-OH is 3. The van der Waals surface area contributed by atoms with Crippen LogP contribution in [0.1, 0.15) is 20.8 Å². The van der Waals surface area contributed by atoms with E-state index in [-0.39, 0.29) is 0 Å². The van der Waals surface area contributed by atoms with E-state index in [0.717, 1.165) is 20.8 Å². The molecule has 1 saturated heterocycles. The molecule has 0 amide bonds. The summed E-state index contributed by atoms with van der Waals surface area (Å²) in [6.45, 7) is 2.47. The van der Waals surface area contributed by atoms with Crippen LogP contribution in [-0.4, -0.2) is 78.7 Å². The van der Waals surface area contributed by atoms with E-state index in [4.69, 9.17) is 4.74 Å². The van der Waals surface area contributed by atoms with Crippen molar-refractivity contribution >= 4 is 17.3 Å². The van der Waals surface area contributed by atoms with Gasteiger partial charge < -0.3 is 30.3 Å². The molecule has 0 spiro atoms. The molecule has 120 valence electrons. The third-order valence-electron chi connectivity index (χ3n) is 3.75. The first-order valence-corrected chi connectivity index (χ1v) is 6.09. The summed E-state index contributed by atoms with van der Waals surface area (Å²) in [5.41, 5.74) is -6.25. The Kier molecular flexibility index (Phi) is 4.68. The summed E-state index contributed by atoms with van der Waals surface area (Å²) < 4.78 is 4.70. The van der Waals surface area contributed by atoms with Crippen molar-refractivity contribution in [1.29, 1.82) is 0 Å². The number of Topliss-reactive ketones (excluding diaryl/α,β-unsaturated/α-hetero) is 3. The lowest BCUT2D eigenvalue weighted by molar-refractivity contribution is -0.340. The van der Waals surface area contributed by atoms with Gasteiger partial charge in [-0.1, -0.05) is 0 Å². The molecule has 1 aliphatic heterocycles. The lowest BCUT2D eigenvalue weighted by Gasteiger charge is -2.52. The average Bonchev–Trinajstić information content (AvgIpc) is 2.38. The molecule has 0 aromatic heterocycles. The molecule has 0 bridgehead atoms. The zero-order valence-corrected chi connectivity index (χ0v) is 11.7. The van der Waals surface area contributed by atoms with Crippen LogP contribution in [0.25, 0.3) is 0 Å². The van der Waals surface area contributed by atoms with E-state index in [1.54, 1.807) is 0 Å². The van der Waals surface area contributed by atoms with Crippen LogP contribution in [0.4, 0.5) is 0 Å². The smallest absolute Gasteiger partial charge is 0.192 e. The molecule has 21 heavy (non-hydrogen) atoms. The first kappa shape index (κ1) is 17.8. The molecule has 1 fully saturated rings. The minimum absolute atomic E-state index is 0.770. The molecule has 1 unspecified atom stereocenters. The highest BCUT2D eigenvalue weighted by Crippen LogP contribution is 2.40. The normalized spacial score (nSPS) is 41.4. The minimum Gasteiger partial charge on any atom is -0.384 e. The standard InChI is InChI=1S/C12H18O9/c1-4(13)7(16)9-12(20,6(3)15)11(19,5(2)14)8(17)10(18)21-9/h7-10,16-20H,1-3H3/t7?,8-,9+,10+,11+,12-/m0/s1. The highest BCUT2D eigenvalue weighted by atomic mass is 16.6. The SMILES string of the molecule is CC(=O)C(O)[C@H]1O[C@@H](O)[C@H](O)[C@](O)(C(C)=O)[C@]1(O)C(C)=O. The summed E-state index contributed by atoms with van der Waals surface area (Å²) >= 11 is 0. The van der Waals surface area contributed by atoms with Crippen LogP contribution in [-0.2, 0) is 19.1 Å². The highest BCUT2D eigenvalue weighted by Gasteiger charge is 2.71. The number of hydrogen-bond acceptors (Lipinski definition) is 9. The molecule has 1 rings (SSSR count). The summed E-state index contributed by atoms with van der Waals surface area (Å²) in [6.07, 6.45) is -8.77. The number of aliphatic hydroxyl groups is 5. The van der Waals surface area contributed by atoms with Crippen molar-refractivity contribution in [3.8, 4) is 0 Å². The van der Waals surface area contributed by atoms with Crippen LogP contribution in [0.15, 0.2) is 0 Å². The van der Waals surface area contributed by atoms with Gasteiger partial charge in [0.1, 0.15) is 18.3 Å². The summed E-state index contributed by atoms with van der Waals surface area (Å²) in [6, 6.07) is 0. The molecule has 0 radical (unpaired) electrons. The van der Waals surface area contributed by atoms with Gasteiger partial charge in [0, 0.05) is 0 Å². The van der Waals surface area contributed by atoms with E-state index in [0.29, 0.717) is 0 Å². The van der Waals surface area contributed by atoms with E-state index in [2.05, 4.69) is 0 Å². The first-order chi connectivity index (χ1) is 9.42. The van der Waals surface area contributed by atoms with Crippen LogP contribution in [0.2, 0.25) is 0 Å². The van der Waals surface area contributed by atoms with Crippen molar-refractivity contribution in [3.63, 3.8) is 0 Å². The van der Waals surface area contributed by atoms with Crippen LogP contribution < -0.4 is 0 Å². The second kappa shape index (κ2) is 5.52. The monoisotopic (exact) mass is 306 g/mol. The third kappa shape index (κ3) is 2.31. The van der Waals surface area contributed by atoms with Crippen molar-refractivity contribution in [2.75, 3.05) is 0 Å². The van der Waals surface area contributed by atoms with Gasteiger partial charge in [0.05, 0.1) is 0 Å². The molecule has 9 nitrogen and oxygen atoms in total. The van der Waals surface area contributed by atoms with E-state index in [9.17, 15) is 39.9 Å². The van der Waals surface area contributed by atoms with Gasteiger partial charge in [-0.15, -0.1) is 0 Å².